The van der Waals surface area contributed by atoms with E-state index >= 15 is 0 Å². The van der Waals surface area contributed by atoms with E-state index in [1.807, 2.05) is 44.4 Å². The Kier molecular flexibility index (Phi) is 5.46. The van der Waals surface area contributed by atoms with E-state index in [0.29, 0.717) is 12.4 Å². The Balaban J connectivity index is 1.63. The highest BCUT2D eigenvalue weighted by Gasteiger charge is 2.09. The second-order valence-corrected chi connectivity index (χ2v) is 6.11. The first-order chi connectivity index (χ1) is 12.1. The van der Waals surface area contributed by atoms with Crippen LogP contribution in [-0.4, -0.2) is 37.3 Å². The van der Waals surface area contributed by atoms with Gasteiger partial charge in [0.15, 0.2) is 5.76 Å². The zero-order valence-corrected chi connectivity index (χ0v) is 14.4. The molecule has 0 N–H and O–H groups in total. The molecule has 4 nitrogen and oxygen atoms in total. The van der Waals surface area contributed by atoms with Crippen molar-refractivity contribution < 1.29 is 13.7 Å². The van der Waals surface area contributed by atoms with Crippen molar-refractivity contribution in [2.24, 2.45) is 0 Å². The maximum Gasteiger partial charge on any atom is 0.167 e. The van der Waals surface area contributed by atoms with Crippen molar-refractivity contribution in [2.45, 2.75) is 6.42 Å². The summed E-state index contributed by atoms with van der Waals surface area (Å²) >= 11 is 0. The topological polar surface area (TPSA) is 38.5 Å². The molecule has 2 aromatic carbocycles. The molecule has 25 heavy (non-hydrogen) atoms. The Labute approximate surface area is 146 Å². The van der Waals surface area contributed by atoms with Gasteiger partial charge in [-0.05, 0) is 69.0 Å². The fourth-order valence-electron chi connectivity index (χ4n) is 2.45. The van der Waals surface area contributed by atoms with Crippen LogP contribution in [0, 0.1) is 5.82 Å². The van der Waals surface area contributed by atoms with Gasteiger partial charge in [0.1, 0.15) is 17.3 Å². The Morgan fingerprint density at radius 3 is 2.36 bits per heavy atom. The predicted molar refractivity (Wildman–Crippen MR) is 96.0 cm³/mol. The fourth-order valence-corrected chi connectivity index (χ4v) is 2.45. The van der Waals surface area contributed by atoms with Crippen LogP contribution in [0.3, 0.4) is 0 Å². The van der Waals surface area contributed by atoms with Crippen molar-refractivity contribution in [3.05, 3.63) is 60.4 Å². The minimum absolute atomic E-state index is 0.273. The third-order valence-electron chi connectivity index (χ3n) is 3.81. The molecule has 0 unspecified atom stereocenters. The summed E-state index contributed by atoms with van der Waals surface area (Å²) in [5.74, 6) is 1.17. The van der Waals surface area contributed by atoms with Crippen LogP contribution in [0.5, 0.6) is 5.75 Å². The summed E-state index contributed by atoms with van der Waals surface area (Å²) in [6.45, 7) is 1.69. The Hall–Kier alpha value is -2.66. The molecule has 0 bridgehead atoms. The van der Waals surface area contributed by atoms with E-state index in [0.717, 1.165) is 35.5 Å². The monoisotopic (exact) mass is 340 g/mol. The molecule has 0 aliphatic rings. The molecule has 0 radical (unpaired) electrons. The summed E-state index contributed by atoms with van der Waals surface area (Å²) in [6, 6.07) is 15.8. The van der Waals surface area contributed by atoms with Gasteiger partial charge in [0.05, 0.1) is 6.61 Å². The van der Waals surface area contributed by atoms with E-state index < -0.39 is 0 Å². The van der Waals surface area contributed by atoms with Crippen molar-refractivity contribution in [2.75, 3.05) is 27.2 Å². The van der Waals surface area contributed by atoms with Gasteiger partial charge in [0.25, 0.3) is 0 Å². The number of hydrogen-bond acceptors (Lipinski definition) is 4. The van der Waals surface area contributed by atoms with Gasteiger partial charge in [-0.3, -0.25) is 0 Å². The van der Waals surface area contributed by atoms with E-state index in [-0.39, 0.29) is 5.82 Å². The van der Waals surface area contributed by atoms with Gasteiger partial charge in [0.2, 0.25) is 0 Å². The molecule has 5 heteroatoms. The van der Waals surface area contributed by atoms with Gasteiger partial charge < -0.3 is 14.2 Å². The molecule has 0 amide bonds. The number of halogens is 1. The smallest absolute Gasteiger partial charge is 0.167 e. The zero-order valence-electron chi connectivity index (χ0n) is 14.4. The van der Waals surface area contributed by atoms with Crippen LogP contribution in [0.1, 0.15) is 6.42 Å². The normalized spacial score (nSPS) is 11.0. The quantitative estimate of drug-likeness (QED) is 0.595. The first-order valence-electron chi connectivity index (χ1n) is 8.22. The number of rotatable bonds is 7. The molecule has 0 atom stereocenters. The van der Waals surface area contributed by atoms with Gasteiger partial charge in [0, 0.05) is 23.7 Å². The van der Waals surface area contributed by atoms with Gasteiger partial charge in [-0.1, -0.05) is 5.16 Å². The van der Waals surface area contributed by atoms with Crippen LogP contribution >= 0.6 is 0 Å². The standard InChI is InChI=1S/C20H21FN2O2/c1-23(2)12-3-13-24-18-10-6-15(7-11-18)19-14-20(25-22-19)16-4-8-17(21)9-5-16/h4-11,14H,3,12-13H2,1-2H3. The number of nitrogens with zero attached hydrogens (tertiary/aromatic N) is 2. The molecule has 0 fully saturated rings. The molecule has 0 aliphatic heterocycles. The van der Waals surface area contributed by atoms with Gasteiger partial charge >= 0.3 is 0 Å². The van der Waals surface area contributed by atoms with Crippen molar-refractivity contribution in [1.29, 1.82) is 0 Å². The third-order valence-corrected chi connectivity index (χ3v) is 3.81. The largest absolute Gasteiger partial charge is 0.494 e. The Morgan fingerprint density at radius 1 is 1.00 bits per heavy atom. The molecule has 1 heterocycles. The van der Waals surface area contributed by atoms with Gasteiger partial charge in [-0.15, -0.1) is 0 Å². The molecule has 1 aromatic heterocycles. The van der Waals surface area contributed by atoms with Crippen LogP contribution in [-0.2, 0) is 0 Å². The summed E-state index contributed by atoms with van der Waals surface area (Å²) in [6.07, 6.45) is 0.985. The van der Waals surface area contributed by atoms with Crippen LogP contribution in [0.4, 0.5) is 4.39 Å². The lowest BCUT2D eigenvalue weighted by Crippen LogP contribution is -2.15. The third kappa shape index (κ3) is 4.67. The molecule has 3 aromatic rings. The van der Waals surface area contributed by atoms with Crippen molar-refractivity contribution in [3.63, 3.8) is 0 Å². The summed E-state index contributed by atoms with van der Waals surface area (Å²) in [4.78, 5) is 2.13. The summed E-state index contributed by atoms with van der Waals surface area (Å²) < 4.78 is 24.1. The number of benzene rings is 2. The summed E-state index contributed by atoms with van der Waals surface area (Å²) in [7, 11) is 4.10. The molecule has 0 spiro atoms. The highest BCUT2D eigenvalue weighted by Crippen LogP contribution is 2.27. The number of aromatic nitrogens is 1. The zero-order chi connectivity index (χ0) is 17.6. The van der Waals surface area contributed by atoms with E-state index in [1.54, 1.807) is 12.1 Å². The number of ether oxygens (including phenoxy) is 1. The van der Waals surface area contributed by atoms with Crippen molar-refractivity contribution >= 4 is 0 Å². The predicted octanol–water partition coefficient (Wildman–Crippen LogP) is 4.48. The first-order valence-corrected chi connectivity index (χ1v) is 8.22. The second kappa shape index (κ2) is 7.94. The van der Waals surface area contributed by atoms with Crippen LogP contribution in [0.2, 0.25) is 0 Å². The maximum absolute atomic E-state index is 13.0. The van der Waals surface area contributed by atoms with Crippen molar-refractivity contribution in [3.8, 4) is 28.3 Å². The lowest BCUT2D eigenvalue weighted by molar-refractivity contribution is 0.281. The highest BCUT2D eigenvalue weighted by atomic mass is 19.1. The molecule has 3 rings (SSSR count). The SMILES string of the molecule is CN(C)CCCOc1ccc(-c2cc(-c3ccc(F)cc3)on2)cc1. The molecular weight excluding hydrogens is 319 g/mol. The minimum Gasteiger partial charge on any atom is -0.494 e. The molecule has 0 saturated carbocycles. The van der Waals surface area contributed by atoms with E-state index in [1.165, 1.54) is 12.1 Å². The molecule has 0 saturated heterocycles. The molecule has 0 aliphatic carbocycles. The minimum atomic E-state index is -0.273. The lowest BCUT2D eigenvalue weighted by atomic mass is 10.1. The van der Waals surface area contributed by atoms with Gasteiger partial charge in [-0.25, -0.2) is 4.39 Å². The highest BCUT2D eigenvalue weighted by molar-refractivity contribution is 5.67. The summed E-state index contributed by atoms with van der Waals surface area (Å²) in [5.41, 5.74) is 2.47. The second-order valence-electron chi connectivity index (χ2n) is 6.11. The lowest BCUT2D eigenvalue weighted by Gasteiger charge is -2.10. The van der Waals surface area contributed by atoms with E-state index in [2.05, 4.69) is 10.1 Å². The Morgan fingerprint density at radius 2 is 1.68 bits per heavy atom. The van der Waals surface area contributed by atoms with Crippen LogP contribution in [0.15, 0.2) is 59.1 Å². The maximum atomic E-state index is 13.0. The summed E-state index contributed by atoms with van der Waals surface area (Å²) in [5, 5.41) is 4.09. The Bertz CT molecular complexity index is 795. The molecular formula is C20H21FN2O2. The van der Waals surface area contributed by atoms with Crippen molar-refractivity contribution in [1.82, 2.24) is 10.1 Å². The molecule has 130 valence electrons. The fraction of sp³-hybridized carbons (Fsp3) is 0.250. The average molecular weight is 340 g/mol. The van der Waals surface area contributed by atoms with Crippen LogP contribution < -0.4 is 4.74 Å². The first kappa shape index (κ1) is 17.2. The average Bonchev–Trinajstić information content (AvgIpc) is 3.10. The van der Waals surface area contributed by atoms with E-state index in [4.69, 9.17) is 9.26 Å². The van der Waals surface area contributed by atoms with Gasteiger partial charge in [-0.2, -0.15) is 0 Å². The van der Waals surface area contributed by atoms with Crippen LogP contribution in [0.25, 0.3) is 22.6 Å². The number of hydrogen-bond donors (Lipinski definition) is 0. The van der Waals surface area contributed by atoms with E-state index in [9.17, 15) is 4.39 Å².